The Labute approximate surface area is 193 Å². The van der Waals surface area contributed by atoms with E-state index < -0.39 is 16.1 Å². The highest BCUT2D eigenvalue weighted by atomic mass is 32.2. The van der Waals surface area contributed by atoms with Crippen LogP contribution in [-0.2, 0) is 14.8 Å². The van der Waals surface area contributed by atoms with Gasteiger partial charge in [0.1, 0.15) is 6.04 Å². The van der Waals surface area contributed by atoms with Gasteiger partial charge in [0.2, 0.25) is 15.9 Å². The van der Waals surface area contributed by atoms with Crippen LogP contribution < -0.4 is 0 Å². The molecule has 1 atom stereocenters. The standard InChI is InChI=1S/C23H27N3O6S/c1-17(27)18-6-4-7-19(16-18)33(30,31)25-13-11-24(12-14-25)22(28)20-8-2-3-10-26(20)23(29)21-9-5-15-32-21/h4-7,9,15-16,20H,2-3,8,10-14H2,1H3. The molecule has 176 valence electrons. The van der Waals surface area contributed by atoms with Gasteiger partial charge in [-0.3, -0.25) is 14.4 Å². The van der Waals surface area contributed by atoms with Crippen LogP contribution in [0.2, 0.25) is 0 Å². The van der Waals surface area contributed by atoms with Crippen molar-refractivity contribution in [1.29, 1.82) is 0 Å². The lowest BCUT2D eigenvalue weighted by Gasteiger charge is -2.40. The molecule has 4 rings (SSSR count). The van der Waals surface area contributed by atoms with E-state index in [4.69, 9.17) is 4.42 Å². The van der Waals surface area contributed by atoms with Crippen LogP contribution in [0.3, 0.4) is 0 Å². The van der Waals surface area contributed by atoms with Gasteiger partial charge in [0.25, 0.3) is 5.91 Å². The van der Waals surface area contributed by atoms with Crippen molar-refractivity contribution in [2.45, 2.75) is 37.1 Å². The first-order valence-electron chi connectivity index (χ1n) is 11.0. The van der Waals surface area contributed by atoms with E-state index in [2.05, 4.69) is 0 Å². The Kier molecular flexibility index (Phi) is 6.66. The summed E-state index contributed by atoms with van der Waals surface area (Å²) in [6, 6.07) is 8.64. The normalized spacial score (nSPS) is 20.0. The van der Waals surface area contributed by atoms with Crippen molar-refractivity contribution in [3.8, 4) is 0 Å². The highest BCUT2D eigenvalue weighted by Crippen LogP contribution is 2.24. The third-order valence-corrected chi connectivity index (χ3v) is 8.10. The molecule has 33 heavy (non-hydrogen) atoms. The maximum Gasteiger partial charge on any atom is 0.290 e. The van der Waals surface area contributed by atoms with E-state index in [0.29, 0.717) is 18.5 Å². The van der Waals surface area contributed by atoms with Crippen LogP contribution in [0.25, 0.3) is 0 Å². The molecule has 2 aliphatic rings. The number of rotatable bonds is 5. The van der Waals surface area contributed by atoms with Gasteiger partial charge in [-0.25, -0.2) is 8.42 Å². The molecule has 0 bridgehead atoms. The summed E-state index contributed by atoms with van der Waals surface area (Å²) in [5.41, 5.74) is 0.337. The number of carbonyl (C=O) groups is 3. The number of sulfonamides is 1. The van der Waals surface area contributed by atoms with Crippen LogP contribution in [0, 0.1) is 0 Å². The lowest BCUT2D eigenvalue weighted by atomic mass is 10.00. The molecule has 2 aliphatic heterocycles. The molecule has 1 aromatic heterocycles. The second-order valence-electron chi connectivity index (χ2n) is 8.30. The fourth-order valence-corrected chi connectivity index (χ4v) is 5.83. The summed E-state index contributed by atoms with van der Waals surface area (Å²) in [4.78, 5) is 41.0. The van der Waals surface area contributed by atoms with E-state index >= 15 is 0 Å². The van der Waals surface area contributed by atoms with E-state index in [0.717, 1.165) is 12.8 Å². The summed E-state index contributed by atoms with van der Waals surface area (Å²) in [5, 5.41) is 0. The summed E-state index contributed by atoms with van der Waals surface area (Å²) < 4.78 is 32.7. The van der Waals surface area contributed by atoms with Crippen LogP contribution >= 0.6 is 0 Å². The molecular weight excluding hydrogens is 446 g/mol. The number of piperazine rings is 1. The van der Waals surface area contributed by atoms with E-state index in [1.807, 2.05) is 0 Å². The number of hydrogen-bond acceptors (Lipinski definition) is 6. The average Bonchev–Trinajstić information content (AvgIpc) is 3.38. The first-order valence-corrected chi connectivity index (χ1v) is 12.5. The lowest BCUT2D eigenvalue weighted by molar-refractivity contribution is -0.138. The van der Waals surface area contributed by atoms with Gasteiger partial charge in [-0.05, 0) is 50.5 Å². The minimum atomic E-state index is -3.78. The first kappa shape index (κ1) is 23.2. The Bertz CT molecular complexity index is 1140. The predicted octanol–water partition coefficient (Wildman–Crippen LogP) is 2.01. The summed E-state index contributed by atoms with van der Waals surface area (Å²) in [6.07, 6.45) is 3.67. The molecule has 2 aromatic rings. The zero-order chi connectivity index (χ0) is 23.6. The van der Waals surface area contributed by atoms with Gasteiger partial charge in [0, 0.05) is 38.3 Å². The second kappa shape index (κ2) is 9.48. The fraction of sp³-hybridized carbons (Fsp3) is 0.435. The molecule has 0 radical (unpaired) electrons. The molecule has 10 heteroatoms. The van der Waals surface area contributed by atoms with Gasteiger partial charge in [-0.1, -0.05) is 12.1 Å². The average molecular weight is 474 g/mol. The minimum Gasteiger partial charge on any atom is -0.459 e. The number of furan rings is 1. The number of carbonyl (C=O) groups excluding carboxylic acids is 3. The Morgan fingerprint density at radius 2 is 1.73 bits per heavy atom. The first-order chi connectivity index (χ1) is 15.8. The largest absolute Gasteiger partial charge is 0.459 e. The van der Waals surface area contributed by atoms with Crippen LogP contribution in [-0.4, -0.2) is 78.9 Å². The van der Waals surface area contributed by atoms with E-state index in [-0.39, 0.29) is 54.4 Å². The number of nitrogens with zero attached hydrogens (tertiary/aromatic N) is 3. The Balaban J connectivity index is 1.43. The van der Waals surface area contributed by atoms with Crippen LogP contribution in [0.15, 0.2) is 52.0 Å². The van der Waals surface area contributed by atoms with Crippen LogP contribution in [0.5, 0.6) is 0 Å². The van der Waals surface area contributed by atoms with Crippen molar-refractivity contribution < 1.29 is 27.2 Å². The summed E-state index contributed by atoms with van der Waals surface area (Å²) in [7, 11) is -3.78. The molecule has 0 aliphatic carbocycles. The molecular formula is C23H27N3O6S. The monoisotopic (exact) mass is 473 g/mol. The van der Waals surface area contributed by atoms with Gasteiger partial charge in [-0.2, -0.15) is 4.31 Å². The van der Waals surface area contributed by atoms with Gasteiger partial charge < -0.3 is 14.2 Å². The number of benzene rings is 1. The Hall–Kier alpha value is -2.98. The lowest BCUT2D eigenvalue weighted by Crippen LogP contribution is -2.57. The van der Waals surface area contributed by atoms with E-state index in [1.165, 1.54) is 29.6 Å². The Morgan fingerprint density at radius 1 is 0.970 bits per heavy atom. The maximum atomic E-state index is 13.3. The highest BCUT2D eigenvalue weighted by Gasteiger charge is 2.38. The quantitative estimate of drug-likeness (QED) is 0.615. The molecule has 2 saturated heterocycles. The predicted molar refractivity (Wildman–Crippen MR) is 119 cm³/mol. The molecule has 1 unspecified atom stereocenters. The summed E-state index contributed by atoms with van der Waals surface area (Å²) in [6.45, 7) is 2.65. The highest BCUT2D eigenvalue weighted by molar-refractivity contribution is 7.89. The number of Topliss-reactive ketones (excluding diaryl/α,β-unsaturated/α-hetero) is 1. The molecule has 9 nitrogen and oxygen atoms in total. The van der Waals surface area contributed by atoms with E-state index in [1.54, 1.807) is 34.1 Å². The third kappa shape index (κ3) is 4.72. The SMILES string of the molecule is CC(=O)c1cccc(S(=O)(=O)N2CCN(C(=O)C3CCCCN3C(=O)c3ccco3)CC2)c1. The second-order valence-corrected chi connectivity index (χ2v) is 10.2. The van der Waals surface area contributed by atoms with Gasteiger partial charge >= 0.3 is 0 Å². The van der Waals surface area contributed by atoms with Crippen molar-refractivity contribution in [3.05, 3.63) is 54.0 Å². The van der Waals surface area contributed by atoms with Crippen LogP contribution in [0.4, 0.5) is 0 Å². The number of likely N-dealkylation sites (tertiary alicyclic amines) is 1. The molecule has 0 N–H and O–H groups in total. The molecule has 0 saturated carbocycles. The molecule has 2 amide bonds. The molecule has 3 heterocycles. The number of amides is 2. The van der Waals surface area contributed by atoms with E-state index in [9.17, 15) is 22.8 Å². The smallest absolute Gasteiger partial charge is 0.290 e. The number of piperidine rings is 1. The van der Waals surface area contributed by atoms with Crippen molar-refractivity contribution in [2.24, 2.45) is 0 Å². The topological polar surface area (TPSA) is 108 Å². The molecule has 2 fully saturated rings. The van der Waals surface area contributed by atoms with Crippen molar-refractivity contribution in [3.63, 3.8) is 0 Å². The van der Waals surface area contributed by atoms with Gasteiger partial charge in [0.15, 0.2) is 11.5 Å². The van der Waals surface area contributed by atoms with Crippen molar-refractivity contribution in [1.82, 2.24) is 14.1 Å². The zero-order valence-corrected chi connectivity index (χ0v) is 19.3. The Morgan fingerprint density at radius 3 is 2.39 bits per heavy atom. The minimum absolute atomic E-state index is 0.0671. The summed E-state index contributed by atoms with van der Waals surface area (Å²) >= 11 is 0. The maximum absolute atomic E-state index is 13.3. The van der Waals surface area contributed by atoms with Gasteiger partial charge in [0.05, 0.1) is 11.2 Å². The zero-order valence-electron chi connectivity index (χ0n) is 18.5. The van der Waals surface area contributed by atoms with Gasteiger partial charge in [-0.15, -0.1) is 0 Å². The number of ketones is 1. The summed E-state index contributed by atoms with van der Waals surface area (Å²) in [5.74, 6) is -0.461. The fourth-order valence-electron chi connectivity index (χ4n) is 4.36. The van der Waals surface area contributed by atoms with Crippen molar-refractivity contribution >= 4 is 27.6 Å². The van der Waals surface area contributed by atoms with Crippen molar-refractivity contribution in [2.75, 3.05) is 32.7 Å². The number of hydrogen-bond donors (Lipinski definition) is 0. The molecule has 0 spiro atoms. The molecule has 1 aromatic carbocycles. The van der Waals surface area contributed by atoms with Crippen LogP contribution in [0.1, 0.15) is 47.1 Å². The third-order valence-electron chi connectivity index (χ3n) is 6.21.